The Morgan fingerprint density at radius 3 is 2.50 bits per heavy atom. The Kier molecular flexibility index (Phi) is 4.59. The zero-order chi connectivity index (χ0) is 13.3. The maximum absolute atomic E-state index is 12.6. The van der Waals surface area contributed by atoms with Crippen LogP contribution in [0.2, 0.25) is 0 Å². The van der Waals surface area contributed by atoms with Crippen molar-refractivity contribution in [1.29, 1.82) is 0 Å². The first-order valence-electron chi connectivity index (χ1n) is 7.18. The van der Waals surface area contributed by atoms with Gasteiger partial charge in [-0.2, -0.15) is 11.8 Å². The van der Waals surface area contributed by atoms with E-state index in [0.717, 1.165) is 5.75 Å². The van der Waals surface area contributed by atoms with Gasteiger partial charge in [-0.15, -0.1) is 0 Å². The number of nitrogens with zero attached hydrogens (tertiary/aromatic N) is 1. The normalized spacial score (nSPS) is 33.8. The molecule has 0 aromatic rings. The van der Waals surface area contributed by atoms with E-state index in [9.17, 15) is 4.79 Å². The molecule has 0 saturated carbocycles. The maximum atomic E-state index is 12.6. The first-order chi connectivity index (χ1) is 8.52. The van der Waals surface area contributed by atoms with Gasteiger partial charge in [0.2, 0.25) is 5.91 Å². The second kappa shape index (κ2) is 5.83. The molecule has 1 amide bonds. The Bertz CT molecular complexity index is 300. The van der Waals surface area contributed by atoms with Crippen LogP contribution in [0.1, 0.15) is 40.5 Å². The van der Waals surface area contributed by atoms with E-state index in [1.54, 1.807) is 0 Å². The van der Waals surface area contributed by atoms with Crippen molar-refractivity contribution >= 4 is 17.7 Å². The maximum Gasteiger partial charge on any atom is 0.241 e. The average molecular weight is 270 g/mol. The van der Waals surface area contributed by atoms with Gasteiger partial charge in [0.15, 0.2) is 0 Å². The van der Waals surface area contributed by atoms with E-state index in [1.165, 1.54) is 18.6 Å². The number of thioether (sulfide) groups is 1. The van der Waals surface area contributed by atoms with Crippen LogP contribution < -0.4 is 5.32 Å². The van der Waals surface area contributed by atoms with Crippen molar-refractivity contribution in [1.82, 2.24) is 10.2 Å². The lowest BCUT2D eigenvalue weighted by Gasteiger charge is -2.36. The van der Waals surface area contributed by atoms with Crippen LogP contribution in [0.5, 0.6) is 0 Å². The molecule has 4 heteroatoms. The molecule has 1 N–H and O–H groups in total. The van der Waals surface area contributed by atoms with Crippen molar-refractivity contribution in [3.05, 3.63) is 0 Å². The quantitative estimate of drug-likeness (QED) is 0.854. The number of amides is 1. The molecule has 0 spiro atoms. The second-order valence-electron chi connectivity index (χ2n) is 6.19. The summed E-state index contributed by atoms with van der Waals surface area (Å²) in [6.07, 6.45) is 2.65. The molecule has 18 heavy (non-hydrogen) atoms. The van der Waals surface area contributed by atoms with Crippen LogP contribution in [0.4, 0.5) is 0 Å². The van der Waals surface area contributed by atoms with Gasteiger partial charge in [0, 0.05) is 11.8 Å². The minimum atomic E-state index is 0.0179. The molecule has 0 aromatic heterocycles. The van der Waals surface area contributed by atoms with Crippen LogP contribution in [-0.2, 0) is 4.79 Å². The predicted molar refractivity (Wildman–Crippen MR) is 77.6 cm³/mol. The minimum absolute atomic E-state index is 0.0179. The number of carbonyl (C=O) groups is 1. The van der Waals surface area contributed by atoms with E-state index >= 15 is 0 Å². The fraction of sp³-hybridized carbons (Fsp3) is 0.929. The molecule has 2 heterocycles. The number of nitrogens with one attached hydrogen (secondary N) is 1. The molecule has 2 fully saturated rings. The summed E-state index contributed by atoms with van der Waals surface area (Å²) < 4.78 is 0. The molecule has 104 valence electrons. The largest absolute Gasteiger partial charge is 0.322 e. The molecule has 2 rings (SSSR count). The summed E-state index contributed by atoms with van der Waals surface area (Å²) in [5.74, 6) is 3.55. The van der Waals surface area contributed by atoms with Crippen LogP contribution in [0.3, 0.4) is 0 Å². The fourth-order valence-corrected chi connectivity index (χ4v) is 4.11. The molecule has 3 atom stereocenters. The van der Waals surface area contributed by atoms with Gasteiger partial charge in [-0.1, -0.05) is 27.7 Å². The Labute approximate surface area is 115 Å². The number of hydrogen-bond donors (Lipinski definition) is 1. The Balaban J connectivity index is 2.15. The monoisotopic (exact) mass is 270 g/mol. The summed E-state index contributed by atoms with van der Waals surface area (Å²) in [6.45, 7) is 8.67. The Hall–Kier alpha value is -0.220. The molecule has 0 radical (unpaired) electrons. The molecule has 3 nitrogen and oxygen atoms in total. The van der Waals surface area contributed by atoms with Gasteiger partial charge in [0.05, 0.1) is 12.2 Å². The van der Waals surface area contributed by atoms with Gasteiger partial charge in [-0.25, -0.2) is 0 Å². The highest BCUT2D eigenvalue weighted by Crippen LogP contribution is 2.29. The fourth-order valence-electron chi connectivity index (χ4n) is 2.97. The molecular formula is C14H26N2OS. The summed E-state index contributed by atoms with van der Waals surface area (Å²) in [6, 6.07) is 0.462. The molecule has 0 aromatic carbocycles. The van der Waals surface area contributed by atoms with Gasteiger partial charge in [0.25, 0.3) is 0 Å². The van der Waals surface area contributed by atoms with Crippen molar-refractivity contribution < 1.29 is 4.79 Å². The van der Waals surface area contributed by atoms with Crippen LogP contribution in [0.25, 0.3) is 0 Å². The highest BCUT2D eigenvalue weighted by molar-refractivity contribution is 7.99. The third kappa shape index (κ3) is 2.69. The van der Waals surface area contributed by atoms with Crippen LogP contribution >= 0.6 is 11.8 Å². The summed E-state index contributed by atoms with van der Waals surface area (Å²) in [5.41, 5.74) is 0. The van der Waals surface area contributed by atoms with Gasteiger partial charge in [-0.05, 0) is 30.4 Å². The van der Waals surface area contributed by atoms with Gasteiger partial charge in [0.1, 0.15) is 0 Å². The molecule has 0 bridgehead atoms. The topological polar surface area (TPSA) is 32.3 Å². The highest BCUT2D eigenvalue weighted by Gasteiger charge is 2.44. The van der Waals surface area contributed by atoms with Gasteiger partial charge in [-0.3, -0.25) is 10.1 Å². The summed E-state index contributed by atoms with van der Waals surface area (Å²) in [7, 11) is 0. The lowest BCUT2D eigenvalue weighted by atomic mass is 10.0. The van der Waals surface area contributed by atoms with Crippen LogP contribution in [0, 0.1) is 11.8 Å². The van der Waals surface area contributed by atoms with E-state index in [-0.39, 0.29) is 12.2 Å². The first kappa shape index (κ1) is 14.2. The van der Waals surface area contributed by atoms with Crippen LogP contribution in [-0.4, -0.2) is 40.6 Å². The predicted octanol–water partition coefficient (Wildman–Crippen LogP) is 2.32. The van der Waals surface area contributed by atoms with Crippen molar-refractivity contribution in [3.63, 3.8) is 0 Å². The SMILES string of the molecule is CC(C)C1NC(C(C)C)N(C2CCCSC2)C1=O. The van der Waals surface area contributed by atoms with Gasteiger partial charge < -0.3 is 4.90 Å². The smallest absolute Gasteiger partial charge is 0.241 e. The van der Waals surface area contributed by atoms with Crippen molar-refractivity contribution in [2.75, 3.05) is 11.5 Å². The number of hydrogen-bond acceptors (Lipinski definition) is 3. The lowest BCUT2D eigenvalue weighted by Crippen LogP contribution is -2.49. The second-order valence-corrected chi connectivity index (χ2v) is 7.34. The average Bonchev–Trinajstić information content (AvgIpc) is 2.68. The number of rotatable bonds is 3. The zero-order valence-electron chi connectivity index (χ0n) is 12.0. The van der Waals surface area contributed by atoms with E-state index in [1.807, 2.05) is 11.8 Å². The molecule has 3 unspecified atom stereocenters. The molecular weight excluding hydrogens is 244 g/mol. The van der Waals surface area contributed by atoms with Gasteiger partial charge >= 0.3 is 0 Å². The Morgan fingerprint density at radius 2 is 2.00 bits per heavy atom. The van der Waals surface area contributed by atoms with Crippen LogP contribution in [0.15, 0.2) is 0 Å². The summed E-state index contributed by atoms with van der Waals surface area (Å²) >= 11 is 1.99. The molecule has 2 aliphatic heterocycles. The van der Waals surface area contributed by atoms with Crippen molar-refractivity contribution in [3.8, 4) is 0 Å². The molecule has 2 saturated heterocycles. The molecule has 2 aliphatic rings. The van der Waals surface area contributed by atoms with E-state index in [4.69, 9.17) is 0 Å². The Morgan fingerprint density at radius 1 is 1.28 bits per heavy atom. The van der Waals surface area contributed by atoms with E-state index < -0.39 is 0 Å². The third-order valence-corrected chi connectivity index (χ3v) is 5.20. The summed E-state index contributed by atoms with van der Waals surface area (Å²) in [4.78, 5) is 14.8. The van der Waals surface area contributed by atoms with E-state index in [0.29, 0.717) is 23.8 Å². The third-order valence-electron chi connectivity index (χ3n) is 4.00. The van der Waals surface area contributed by atoms with Crippen molar-refractivity contribution in [2.24, 2.45) is 11.8 Å². The lowest BCUT2D eigenvalue weighted by molar-refractivity contribution is -0.133. The standard InChI is InChI=1S/C14H26N2OS/c1-9(2)12-14(17)16(13(15-12)10(3)4)11-6-5-7-18-8-11/h9-13,15H,5-8H2,1-4H3. The van der Waals surface area contributed by atoms with Crippen molar-refractivity contribution in [2.45, 2.75) is 58.8 Å². The highest BCUT2D eigenvalue weighted by atomic mass is 32.2. The number of carbonyl (C=O) groups excluding carboxylic acids is 1. The first-order valence-corrected chi connectivity index (χ1v) is 8.33. The summed E-state index contributed by atoms with van der Waals surface area (Å²) in [5, 5.41) is 3.55. The molecule has 0 aliphatic carbocycles. The minimum Gasteiger partial charge on any atom is -0.322 e. The zero-order valence-corrected chi connectivity index (χ0v) is 12.8. The van der Waals surface area contributed by atoms with E-state index in [2.05, 4.69) is 37.9 Å².